The molecule has 0 atom stereocenters. The molecule has 0 fully saturated rings. The van der Waals surface area contributed by atoms with Crippen molar-refractivity contribution in [1.82, 2.24) is 0 Å². The number of halogens is 4. The summed E-state index contributed by atoms with van der Waals surface area (Å²) >= 11 is 21.0. The van der Waals surface area contributed by atoms with Crippen LogP contribution in [0.3, 0.4) is 0 Å². The summed E-state index contributed by atoms with van der Waals surface area (Å²) in [6.45, 7) is 0.941. The van der Waals surface area contributed by atoms with Gasteiger partial charge in [-0.2, -0.15) is 0 Å². The fourth-order valence-corrected chi connectivity index (χ4v) is 2.36. The summed E-state index contributed by atoms with van der Waals surface area (Å²) in [5.74, 6) is 1.24. The average Bonchev–Trinajstić information content (AvgIpc) is 2.47. The van der Waals surface area contributed by atoms with Crippen molar-refractivity contribution < 1.29 is 27.2 Å². The first-order valence-electron chi connectivity index (χ1n) is 5.32. The zero-order valence-electron chi connectivity index (χ0n) is 10.5. The van der Waals surface area contributed by atoms with Gasteiger partial charge in [0.1, 0.15) is 26.4 Å². The van der Waals surface area contributed by atoms with E-state index in [0.717, 1.165) is 0 Å². The van der Waals surface area contributed by atoms with Gasteiger partial charge < -0.3 is 0 Å². The fraction of sp³-hybridized carbons (Fsp3) is 1.00. The SMILES string of the molecule is O=[P+](OCCCl)OCCCl.O=[P+](OCCCl)OCCCl. The van der Waals surface area contributed by atoms with Gasteiger partial charge in [0, 0.05) is 9.13 Å². The van der Waals surface area contributed by atoms with Gasteiger partial charge in [-0.3, -0.25) is 0 Å². The van der Waals surface area contributed by atoms with Gasteiger partial charge in [-0.1, -0.05) is 0 Å². The van der Waals surface area contributed by atoms with E-state index >= 15 is 0 Å². The molecular weight excluding hydrogens is 396 g/mol. The molecule has 0 heterocycles. The minimum Gasteiger partial charge on any atom is -0.124 e. The monoisotopic (exact) mass is 410 g/mol. The molecule has 0 aromatic rings. The molecule has 0 rings (SSSR count). The Labute approximate surface area is 140 Å². The summed E-state index contributed by atoms with van der Waals surface area (Å²) in [7, 11) is -4.02. The molecule has 6 nitrogen and oxygen atoms in total. The largest absolute Gasteiger partial charge is 0.697 e. The predicted molar refractivity (Wildman–Crippen MR) is 81.9 cm³/mol. The van der Waals surface area contributed by atoms with Crippen molar-refractivity contribution in [2.75, 3.05) is 49.9 Å². The number of hydrogen-bond donors (Lipinski definition) is 0. The van der Waals surface area contributed by atoms with Crippen LogP contribution in [0.25, 0.3) is 0 Å². The number of alkyl halides is 4. The summed E-state index contributed by atoms with van der Waals surface area (Å²) in [6, 6.07) is 0. The molecular formula is C8H16Cl4O6P2+2. The van der Waals surface area contributed by atoms with E-state index in [9.17, 15) is 9.13 Å². The molecule has 120 valence electrons. The van der Waals surface area contributed by atoms with Crippen LogP contribution in [0.15, 0.2) is 0 Å². The van der Waals surface area contributed by atoms with E-state index in [0.29, 0.717) is 23.5 Å². The van der Waals surface area contributed by atoms with Gasteiger partial charge in [-0.25, -0.2) is 0 Å². The highest BCUT2D eigenvalue weighted by molar-refractivity contribution is 7.33. The Hall–Kier alpha value is 1.20. The third-order valence-corrected chi connectivity index (χ3v) is 3.29. The molecule has 0 aliphatic heterocycles. The molecule has 0 bridgehead atoms. The second-order valence-electron chi connectivity index (χ2n) is 2.54. The Kier molecular flexibility index (Phi) is 23.7. The lowest BCUT2D eigenvalue weighted by Gasteiger charge is -1.84. The molecule has 0 N–H and O–H groups in total. The number of hydrogen-bond acceptors (Lipinski definition) is 6. The van der Waals surface area contributed by atoms with Crippen molar-refractivity contribution in [3.63, 3.8) is 0 Å². The molecule has 0 aliphatic carbocycles. The molecule has 0 aliphatic rings. The Morgan fingerprint density at radius 3 is 0.900 bits per heavy atom. The molecule has 0 aromatic heterocycles. The van der Waals surface area contributed by atoms with E-state index < -0.39 is 16.5 Å². The van der Waals surface area contributed by atoms with Crippen molar-refractivity contribution in [2.24, 2.45) is 0 Å². The van der Waals surface area contributed by atoms with Gasteiger partial charge in [0.2, 0.25) is 0 Å². The summed E-state index contributed by atoms with van der Waals surface area (Å²) in [6.07, 6.45) is 0. The third kappa shape index (κ3) is 21.5. The third-order valence-electron chi connectivity index (χ3n) is 1.10. The van der Waals surface area contributed by atoms with Gasteiger partial charge >= 0.3 is 16.5 Å². The quantitative estimate of drug-likeness (QED) is 0.352. The minimum absolute atomic E-state index is 0.235. The van der Waals surface area contributed by atoms with Gasteiger partial charge in [0.15, 0.2) is 0 Å². The average molecular weight is 412 g/mol. The molecule has 0 saturated heterocycles. The Bertz CT molecular complexity index is 205. The highest BCUT2D eigenvalue weighted by Gasteiger charge is 2.18. The second-order valence-corrected chi connectivity index (χ2v) is 5.98. The summed E-state index contributed by atoms with van der Waals surface area (Å²) in [5.41, 5.74) is 0. The molecule has 0 radical (unpaired) electrons. The summed E-state index contributed by atoms with van der Waals surface area (Å²) in [4.78, 5) is 0. The van der Waals surface area contributed by atoms with E-state index in [-0.39, 0.29) is 26.4 Å². The van der Waals surface area contributed by atoms with Gasteiger partial charge in [0.25, 0.3) is 0 Å². The van der Waals surface area contributed by atoms with Crippen LogP contribution >= 0.6 is 62.9 Å². The lowest BCUT2D eigenvalue weighted by atomic mass is 10.9. The fourth-order valence-electron chi connectivity index (χ4n) is 0.511. The van der Waals surface area contributed by atoms with E-state index in [1.54, 1.807) is 0 Å². The maximum atomic E-state index is 10.5. The lowest BCUT2D eigenvalue weighted by Crippen LogP contribution is -1.91. The molecule has 0 unspecified atom stereocenters. The maximum Gasteiger partial charge on any atom is 0.697 e. The zero-order chi connectivity index (χ0) is 15.6. The molecule has 12 heteroatoms. The highest BCUT2D eigenvalue weighted by atomic mass is 35.5. The smallest absolute Gasteiger partial charge is 0.124 e. The first-order valence-corrected chi connectivity index (χ1v) is 9.65. The topological polar surface area (TPSA) is 71.1 Å². The molecule has 20 heavy (non-hydrogen) atoms. The second kappa shape index (κ2) is 20.2. The van der Waals surface area contributed by atoms with Crippen LogP contribution in [-0.4, -0.2) is 49.9 Å². The van der Waals surface area contributed by atoms with E-state index in [4.69, 9.17) is 46.4 Å². The molecule has 0 amide bonds. The lowest BCUT2D eigenvalue weighted by molar-refractivity contribution is 0.244. The van der Waals surface area contributed by atoms with Gasteiger partial charge in [-0.05, 0) is 0 Å². The van der Waals surface area contributed by atoms with Crippen molar-refractivity contribution in [3.05, 3.63) is 0 Å². The van der Waals surface area contributed by atoms with Crippen LogP contribution in [0.4, 0.5) is 0 Å². The first-order chi connectivity index (χ1) is 9.62. The van der Waals surface area contributed by atoms with Crippen LogP contribution in [0.2, 0.25) is 0 Å². The normalized spacial score (nSPS) is 9.80. The summed E-state index contributed by atoms with van der Waals surface area (Å²) < 4.78 is 39.5. The Morgan fingerprint density at radius 1 is 0.550 bits per heavy atom. The van der Waals surface area contributed by atoms with E-state index in [1.807, 2.05) is 0 Å². The van der Waals surface area contributed by atoms with Crippen LogP contribution in [-0.2, 0) is 27.2 Å². The van der Waals surface area contributed by atoms with Crippen LogP contribution in [0.5, 0.6) is 0 Å². The minimum atomic E-state index is -2.01. The molecule has 0 aromatic carbocycles. The highest BCUT2D eigenvalue weighted by Crippen LogP contribution is 2.23. The van der Waals surface area contributed by atoms with Crippen molar-refractivity contribution in [3.8, 4) is 0 Å². The van der Waals surface area contributed by atoms with Crippen molar-refractivity contribution in [2.45, 2.75) is 0 Å². The van der Waals surface area contributed by atoms with Crippen LogP contribution < -0.4 is 0 Å². The number of rotatable bonds is 12. The van der Waals surface area contributed by atoms with E-state index in [2.05, 4.69) is 18.1 Å². The molecule has 0 saturated carbocycles. The van der Waals surface area contributed by atoms with Gasteiger partial charge in [0.05, 0.1) is 23.5 Å². The predicted octanol–water partition coefficient (Wildman–Crippen LogP) is 4.31. The van der Waals surface area contributed by atoms with Crippen molar-refractivity contribution in [1.29, 1.82) is 0 Å². The van der Waals surface area contributed by atoms with Gasteiger partial charge in [-0.15, -0.1) is 64.5 Å². The molecule has 0 spiro atoms. The maximum absolute atomic E-state index is 10.5. The Balaban J connectivity index is 0. The van der Waals surface area contributed by atoms with E-state index in [1.165, 1.54) is 0 Å². The summed E-state index contributed by atoms with van der Waals surface area (Å²) in [5, 5.41) is 0. The zero-order valence-corrected chi connectivity index (χ0v) is 15.3. The standard InChI is InChI=1S/2C4H8Cl2O3P/c2*5-1-3-8-10(7)9-4-2-6/h2*1-4H2/q2*+1. The van der Waals surface area contributed by atoms with Crippen LogP contribution in [0.1, 0.15) is 0 Å². The Morgan fingerprint density at radius 2 is 0.750 bits per heavy atom. The first kappa shape index (κ1) is 23.5. The van der Waals surface area contributed by atoms with Crippen molar-refractivity contribution >= 4 is 62.9 Å². The van der Waals surface area contributed by atoms with Crippen LogP contribution in [0, 0.1) is 0 Å².